The van der Waals surface area contributed by atoms with E-state index in [9.17, 15) is 9.90 Å². The monoisotopic (exact) mass is 425 g/mol. The molecule has 1 amide bonds. The van der Waals surface area contributed by atoms with Crippen LogP contribution in [0.3, 0.4) is 0 Å². The molecule has 1 fully saturated rings. The number of nitrogens with one attached hydrogen (secondary N) is 2. The van der Waals surface area contributed by atoms with Gasteiger partial charge < -0.3 is 20.5 Å². The fraction of sp³-hybridized carbons (Fsp3) is 0.391. The van der Waals surface area contributed by atoms with Gasteiger partial charge in [0.1, 0.15) is 5.75 Å². The van der Waals surface area contributed by atoms with Crippen LogP contribution in [0.25, 0.3) is 10.2 Å². The molecular weight excluding hydrogens is 398 g/mol. The van der Waals surface area contributed by atoms with Gasteiger partial charge in [-0.25, -0.2) is 4.98 Å². The Kier molecular flexibility index (Phi) is 6.50. The number of amides is 1. The number of aliphatic hydroxyl groups excluding tert-OH is 1. The third-order valence-corrected chi connectivity index (χ3v) is 6.48. The van der Waals surface area contributed by atoms with Gasteiger partial charge in [0.2, 0.25) is 0 Å². The van der Waals surface area contributed by atoms with E-state index in [1.165, 1.54) is 0 Å². The summed E-state index contributed by atoms with van der Waals surface area (Å²) in [7, 11) is 1.65. The van der Waals surface area contributed by atoms with Crippen molar-refractivity contribution in [3.05, 3.63) is 53.6 Å². The highest BCUT2D eigenvalue weighted by Gasteiger charge is 2.20. The lowest BCUT2D eigenvalue weighted by molar-refractivity contribution is 0.0954. The Morgan fingerprint density at radius 1 is 1.17 bits per heavy atom. The molecule has 1 saturated carbocycles. The van der Waals surface area contributed by atoms with E-state index in [2.05, 4.69) is 15.6 Å². The molecule has 0 aliphatic heterocycles. The Labute approximate surface area is 180 Å². The number of hydrogen-bond acceptors (Lipinski definition) is 6. The number of ether oxygens (including phenoxy) is 1. The van der Waals surface area contributed by atoms with Gasteiger partial charge in [0, 0.05) is 18.2 Å². The van der Waals surface area contributed by atoms with Crippen LogP contribution in [0.15, 0.2) is 42.5 Å². The van der Waals surface area contributed by atoms with Crippen LogP contribution in [0.5, 0.6) is 5.75 Å². The highest BCUT2D eigenvalue weighted by molar-refractivity contribution is 7.22. The predicted molar refractivity (Wildman–Crippen MR) is 121 cm³/mol. The second kappa shape index (κ2) is 9.45. The van der Waals surface area contributed by atoms with Crippen LogP contribution in [0.1, 0.15) is 41.6 Å². The summed E-state index contributed by atoms with van der Waals surface area (Å²) in [6.07, 6.45) is 4.19. The van der Waals surface area contributed by atoms with Crippen LogP contribution >= 0.6 is 11.3 Å². The van der Waals surface area contributed by atoms with Crippen LogP contribution in [-0.2, 0) is 6.42 Å². The third kappa shape index (κ3) is 5.09. The van der Waals surface area contributed by atoms with Crippen molar-refractivity contribution in [2.45, 2.75) is 44.2 Å². The molecule has 0 atom stereocenters. The first kappa shape index (κ1) is 20.6. The van der Waals surface area contributed by atoms with E-state index in [1.807, 2.05) is 42.5 Å². The van der Waals surface area contributed by atoms with Gasteiger partial charge in [0.05, 0.1) is 23.4 Å². The molecule has 6 nitrogen and oxygen atoms in total. The summed E-state index contributed by atoms with van der Waals surface area (Å²) in [5.74, 6) is 0.755. The minimum Gasteiger partial charge on any atom is -0.497 e. The molecule has 2 aromatic carbocycles. The number of nitrogens with zero attached hydrogens (tertiary/aromatic N) is 1. The summed E-state index contributed by atoms with van der Waals surface area (Å²) in [5, 5.41) is 17.0. The first-order valence-corrected chi connectivity index (χ1v) is 11.2. The van der Waals surface area contributed by atoms with Gasteiger partial charge >= 0.3 is 0 Å². The Morgan fingerprint density at radius 2 is 1.93 bits per heavy atom. The first-order chi connectivity index (χ1) is 14.6. The minimum absolute atomic E-state index is 0.0745. The first-order valence-electron chi connectivity index (χ1n) is 10.4. The number of methoxy groups -OCH3 is 1. The van der Waals surface area contributed by atoms with E-state index < -0.39 is 0 Å². The molecule has 0 radical (unpaired) electrons. The van der Waals surface area contributed by atoms with Gasteiger partial charge in [-0.2, -0.15) is 0 Å². The number of carbonyl (C=O) groups is 1. The molecule has 30 heavy (non-hydrogen) atoms. The second-order valence-corrected chi connectivity index (χ2v) is 8.74. The maximum Gasteiger partial charge on any atom is 0.251 e. The van der Waals surface area contributed by atoms with E-state index in [0.29, 0.717) is 18.2 Å². The van der Waals surface area contributed by atoms with Crippen LogP contribution in [0.2, 0.25) is 0 Å². The summed E-state index contributed by atoms with van der Waals surface area (Å²) in [4.78, 5) is 17.2. The van der Waals surface area contributed by atoms with Gasteiger partial charge in [0.15, 0.2) is 5.13 Å². The molecule has 1 aromatic heterocycles. The number of fused-ring (bicyclic) bond motifs is 1. The van der Waals surface area contributed by atoms with E-state index in [1.54, 1.807) is 18.4 Å². The van der Waals surface area contributed by atoms with E-state index in [4.69, 9.17) is 4.74 Å². The zero-order valence-electron chi connectivity index (χ0n) is 17.1. The van der Waals surface area contributed by atoms with Crippen molar-refractivity contribution in [3.63, 3.8) is 0 Å². The molecule has 3 aromatic rings. The maximum atomic E-state index is 12.5. The molecular formula is C23H27N3O3S. The Balaban J connectivity index is 1.33. The Bertz CT molecular complexity index is 995. The summed E-state index contributed by atoms with van der Waals surface area (Å²) in [5.41, 5.74) is 2.70. The van der Waals surface area contributed by atoms with Crippen LogP contribution in [0.4, 0.5) is 5.13 Å². The summed E-state index contributed by atoms with van der Waals surface area (Å²) in [6, 6.07) is 13.9. The molecule has 158 valence electrons. The molecule has 0 unspecified atom stereocenters. The molecule has 1 aliphatic rings. The van der Waals surface area contributed by atoms with E-state index in [-0.39, 0.29) is 12.0 Å². The number of thiazole rings is 1. The zero-order chi connectivity index (χ0) is 20.9. The lowest BCUT2D eigenvalue weighted by atomic mass is 9.93. The van der Waals surface area contributed by atoms with Gasteiger partial charge in [-0.05, 0) is 68.0 Å². The Morgan fingerprint density at radius 3 is 2.67 bits per heavy atom. The highest BCUT2D eigenvalue weighted by Crippen LogP contribution is 2.29. The van der Waals surface area contributed by atoms with Crippen molar-refractivity contribution in [2.24, 2.45) is 0 Å². The van der Waals surface area contributed by atoms with Crippen molar-refractivity contribution in [1.29, 1.82) is 0 Å². The lowest BCUT2D eigenvalue weighted by Gasteiger charge is -2.25. The van der Waals surface area contributed by atoms with E-state index >= 15 is 0 Å². The maximum absolute atomic E-state index is 12.5. The SMILES string of the molecule is COc1ccc(CCNC(=O)c2ccc3nc(NC4CCC(O)CC4)sc3c2)cc1. The highest BCUT2D eigenvalue weighted by atomic mass is 32.1. The van der Waals surface area contributed by atoms with Crippen LogP contribution in [-0.4, -0.2) is 41.8 Å². The molecule has 0 bridgehead atoms. The number of carbonyl (C=O) groups excluding carboxylic acids is 1. The fourth-order valence-corrected chi connectivity index (χ4v) is 4.72. The van der Waals surface area contributed by atoms with Crippen molar-refractivity contribution in [3.8, 4) is 5.75 Å². The standard InChI is InChI=1S/C23H27N3O3S/c1-29-19-9-2-15(3-10-19)12-13-24-22(28)16-4-11-20-21(14-16)30-23(26-20)25-17-5-7-18(27)8-6-17/h2-4,9-11,14,17-18,27H,5-8,12-13H2,1H3,(H,24,28)(H,25,26). The second-order valence-electron chi connectivity index (χ2n) is 7.71. The average Bonchev–Trinajstić information content (AvgIpc) is 3.17. The van der Waals surface area contributed by atoms with Crippen molar-refractivity contribution in [2.75, 3.05) is 19.0 Å². The van der Waals surface area contributed by atoms with Crippen LogP contribution < -0.4 is 15.4 Å². The van der Waals surface area contributed by atoms with Crippen molar-refractivity contribution >= 4 is 32.6 Å². The number of hydrogen-bond donors (Lipinski definition) is 3. The molecule has 7 heteroatoms. The molecule has 1 aliphatic carbocycles. The zero-order valence-corrected chi connectivity index (χ0v) is 17.9. The smallest absolute Gasteiger partial charge is 0.251 e. The number of aliphatic hydroxyl groups is 1. The number of anilines is 1. The molecule has 3 N–H and O–H groups in total. The number of rotatable bonds is 7. The van der Waals surface area contributed by atoms with Gasteiger partial charge in [-0.15, -0.1) is 0 Å². The Hall–Kier alpha value is -2.64. The molecule has 0 saturated heterocycles. The predicted octanol–water partition coefficient (Wildman–Crippen LogP) is 3.99. The fourth-order valence-electron chi connectivity index (χ4n) is 3.74. The number of benzene rings is 2. The minimum atomic E-state index is -0.163. The largest absolute Gasteiger partial charge is 0.497 e. The quantitative estimate of drug-likeness (QED) is 0.533. The summed E-state index contributed by atoms with van der Waals surface area (Å²) in [6.45, 7) is 0.576. The number of aromatic nitrogens is 1. The average molecular weight is 426 g/mol. The third-order valence-electron chi connectivity index (χ3n) is 5.53. The van der Waals surface area contributed by atoms with Gasteiger partial charge in [-0.1, -0.05) is 23.5 Å². The van der Waals surface area contributed by atoms with E-state index in [0.717, 1.165) is 58.8 Å². The van der Waals surface area contributed by atoms with Crippen molar-refractivity contribution in [1.82, 2.24) is 10.3 Å². The molecule has 1 heterocycles. The summed E-state index contributed by atoms with van der Waals surface area (Å²) < 4.78 is 6.16. The summed E-state index contributed by atoms with van der Waals surface area (Å²) >= 11 is 1.57. The normalized spacial score (nSPS) is 18.9. The van der Waals surface area contributed by atoms with Gasteiger partial charge in [-0.3, -0.25) is 4.79 Å². The van der Waals surface area contributed by atoms with Gasteiger partial charge in [0.25, 0.3) is 5.91 Å². The van der Waals surface area contributed by atoms with Crippen molar-refractivity contribution < 1.29 is 14.6 Å². The molecule has 4 rings (SSSR count). The molecule has 0 spiro atoms. The lowest BCUT2D eigenvalue weighted by Crippen LogP contribution is -2.28. The van der Waals surface area contributed by atoms with Crippen LogP contribution in [0, 0.1) is 0 Å². The topological polar surface area (TPSA) is 83.5 Å².